The molecule has 0 spiro atoms. The summed E-state index contributed by atoms with van der Waals surface area (Å²) in [5.74, 6) is 0. The lowest BCUT2D eigenvalue weighted by Crippen LogP contribution is -1.98. The van der Waals surface area contributed by atoms with E-state index in [1.807, 2.05) is 23.7 Å². The number of hydrogen-bond donors (Lipinski definition) is 0. The molecule has 1 aromatic carbocycles. The first-order valence-corrected chi connectivity index (χ1v) is 4.22. The third kappa shape index (κ3) is 1.45. The smallest absolute Gasteiger partial charge is 0.0726 e. The highest BCUT2D eigenvalue weighted by molar-refractivity contribution is 5.34. The van der Waals surface area contributed by atoms with Crippen LogP contribution in [0.4, 0.5) is 0 Å². The van der Waals surface area contributed by atoms with E-state index >= 15 is 0 Å². The van der Waals surface area contributed by atoms with Gasteiger partial charge in [-0.3, -0.25) is 0 Å². The maximum absolute atomic E-state index is 3.98. The van der Waals surface area contributed by atoms with Crippen molar-refractivity contribution in [3.05, 3.63) is 41.7 Å². The van der Waals surface area contributed by atoms with Crippen LogP contribution in [-0.4, -0.2) is 15.0 Å². The molecule has 0 fully saturated rings. The summed E-state index contributed by atoms with van der Waals surface area (Å²) in [5.41, 5.74) is 3.35. The molecule has 0 atom stereocenters. The number of benzene rings is 1. The van der Waals surface area contributed by atoms with Gasteiger partial charge in [0, 0.05) is 0 Å². The van der Waals surface area contributed by atoms with Crippen LogP contribution < -0.4 is 0 Å². The monoisotopic (exact) mass is 173 g/mol. The van der Waals surface area contributed by atoms with Crippen LogP contribution in [0.1, 0.15) is 11.3 Å². The predicted octanol–water partition coefficient (Wildman–Crippen LogP) is 1.88. The summed E-state index contributed by atoms with van der Waals surface area (Å²) in [4.78, 5) is 0. The lowest BCUT2D eigenvalue weighted by Gasteiger charge is -2.02. The van der Waals surface area contributed by atoms with Gasteiger partial charge in [0.15, 0.2) is 0 Å². The fraction of sp³-hybridized carbons (Fsp3) is 0.200. The van der Waals surface area contributed by atoms with Crippen LogP contribution in [0, 0.1) is 13.8 Å². The van der Waals surface area contributed by atoms with Crippen molar-refractivity contribution in [3.8, 4) is 5.69 Å². The summed E-state index contributed by atoms with van der Waals surface area (Å²) in [5, 5.41) is 7.82. The normalized spacial score (nSPS) is 10.3. The lowest BCUT2D eigenvalue weighted by atomic mass is 10.2. The maximum Gasteiger partial charge on any atom is 0.0726 e. The van der Waals surface area contributed by atoms with E-state index in [9.17, 15) is 0 Å². The summed E-state index contributed by atoms with van der Waals surface area (Å²) >= 11 is 0. The summed E-state index contributed by atoms with van der Waals surface area (Å²) in [6, 6.07) is 8.21. The van der Waals surface area contributed by atoms with Gasteiger partial charge < -0.3 is 0 Å². The Balaban J connectivity index is 2.47. The molecule has 0 radical (unpaired) electrons. The van der Waals surface area contributed by atoms with Gasteiger partial charge in [0.25, 0.3) is 0 Å². The quantitative estimate of drug-likeness (QED) is 0.659. The molecule has 0 amide bonds. The Bertz CT molecular complexity index is 400. The minimum absolute atomic E-state index is 1.05. The average Bonchev–Trinajstić information content (AvgIpc) is 2.53. The largest absolute Gasteiger partial charge is 0.218 e. The zero-order chi connectivity index (χ0) is 9.26. The molecule has 0 bridgehead atoms. The van der Waals surface area contributed by atoms with Crippen molar-refractivity contribution in [2.24, 2.45) is 0 Å². The highest BCUT2D eigenvalue weighted by atomic mass is 15.4. The van der Waals surface area contributed by atoms with E-state index in [1.54, 1.807) is 6.20 Å². The summed E-state index contributed by atoms with van der Waals surface area (Å²) < 4.78 is 1.82. The van der Waals surface area contributed by atoms with Gasteiger partial charge in [-0.05, 0) is 26.0 Å². The SMILES string of the molecule is Cc1ccc(-n2nncc2C)cc1. The third-order valence-electron chi connectivity index (χ3n) is 2.00. The Labute approximate surface area is 77.0 Å². The number of aromatic nitrogens is 3. The molecule has 2 rings (SSSR count). The molecule has 3 nitrogen and oxygen atoms in total. The molecule has 0 aliphatic carbocycles. The Hall–Kier alpha value is -1.64. The van der Waals surface area contributed by atoms with Crippen LogP contribution in [0.2, 0.25) is 0 Å². The van der Waals surface area contributed by atoms with Gasteiger partial charge in [-0.1, -0.05) is 22.9 Å². The molecule has 1 heterocycles. The molecule has 13 heavy (non-hydrogen) atoms. The average molecular weight is 173 g/mol. The summed E-state index contributed by atoms with van der Waals surface area (Å²) in [6.45, 7) is 4.05. The standard InChI is InChI=1S/C10H11N3/c1-8-3-5-10(6-4-8)13-9(2)7-11-12-13/h3-7H,1-2H3. The van der Waals surface area contributed by atoms with Gasteiger partial charge in [-0.15, -0.1) is 5.10 Å². The Kier molecular flexibility index (Phi) is 1.85. The zero-order valence-electron chi connectivity index (χ0n) is 7.73. The van der Waals surface area contributed by atoms with Gasteiger partial charge >= 0.3 is 0 Å². The van der Waals surface area contributed by atoms with Crippen LogP contribution in [0.5, 0.6) is 0 Å². The number of nitrogens with zero attached hydrogens (tertiary/aromatic N) is 3. The van der Waals surface area contributed by atoms with Crippen LogP contribution in [-0.2, 0) is 0 Å². The molecule has 0 aliphatic rings. The number of aryl methyl sites for hydroxylation is 2. The maximum atomic E-state index is 3.98. The first-order valence-electron chi connectivity index (χ1n) is 4.22. The molecule has 0 saturated heterocycles. The second-order valence-corrected chi connectivity index (χ2v) is 3.12. The molecule has 2 aromatic rings. The highest BCUT2D eigenvalue weighted by Crippen LogP contribution is 2.09. The van der Waals surface area contributed by atoms with E-state index in [0.717, 1.165) is 11.4 Å². The molecule has 66 valence electrons. The summed E-state index contributed by atoms with van der Waals surface area (Å²) in [7, 11) is 0. The summed E-state index contributed by atoms with van der Waals surface area (Å²) in [6.07, 6.45) is 1.75. The number of rotatable bonds is 1. The third-order valence-corrected chi connectivity index (χ3v) is 2.00. The molecule has 0 aliphatic heterocycles. The first-order chi connectivity index (χ1) is 6.27. The Morgan fingerprint density at radius 3 is 2.31 bits per heavy atom. The van der Waals surface area contributed by atoms with Crippen molar-refractivity contribution in [2.45, 2.75) is 13.8 Å². The Morgan fingerprint density at radius 1 is 1.08 bits per heavy atom. The van der Waals surface area contributed by atoms with Gasteiger partial charge in [-0.2, -0.15) is 0 Å². The van der Waals surface area contributed by atoms with Crippen molar-refractivity contribution in [1.82, 2.24) is 15.0 Å². The van der Waals surface area contributed by atoms with E-state index in [4.69, 9.17) is 0 Å². The van der Waals surface area contributed by atoms with Crippen molar-refractivity contribution in [2.75, 3.05) is 0 Å². The topological polar surface area (TPSA) is 30.7 Å². The molecule has 1 aromatic heterocycles. The van der Waals surface area contributed by atoms with E-state index in [-0.39, 0.29) is 0 Å². The van der Waals surface area contributed by atoms with Crippen LogP contribution in [0.15, 0.2) is 30.5 Å². The van der Waals surface area contributed by atoms with Crippen molar-refractivity contribution >= 4 is 0 Å². The van der Waals surface area contributed by atoms with Crippen molar-refractivity contribution < 1.29 is 0 Å². The van der Waals surface area contributed by atoms with Gasteiger partial charge in [-0.25, -0.2) is 4.68 Å². The molecular weight excluding hydrogens is 162 g/mol. The van der Waals surface area contributed by atoms with Gasteiger partial charge in [0.1, 0.15) is 0 Å². The van der Waals surface area contributed by atoms with Crippen LogP contribution in [0.25, 0.3) is 5.69 Å². The molecule has 3 heteroatoms. The van der Waals surface area contributed by atoms with E-state index < -0.39 is 0 Å². The minimum atomic E-state index is 1.05. The van der Waals surface area contributed by atoms with Crippen molar-refractivity contribution in [3.63, 3.8) is 0 Å². The second kappa shape index (κ2) is 3.01. The minimum Gasteiger partial charge on any atom is -0.218 e. The van der Waals surface area contributed by atoms with Crippen LogP contribution in [0.3, 0.4) is 0 Å². The molecule has 0 unspecified atom stereocenters. The lowest BCUT2D eigenvalue weighted by molar-refractivity contribution is 0.785. The van der Waals surface area contributed by atoms with Gasteiger partial charge in [0.05, 0.1) is 17.6 Å². The fourth-order valence-corrected chi connectivity index (χ4v) is 1.23. The van der Waals surface area contributed by atoms with Crippen LogP contribution >= 0.6 is 0 Å². The molecule has 0 saturated carbocycles. The second-order valence-electron chi connectivity index (χ2n) is 3.12. The van der Waals surface area contributed by atoms with E-state index in [1.165, 1.54) is 5.56 Å². The Morgan fingerprint density at radius 2 is 1.77 bits per heavy atom. The van der Waals surface area contributed by atoms with E-state index in [2.05, 4.69) is 29.4 Å². The fourth-order valence-electron chi connectivity index (χ4n) is 1.23. The predicted molar refractivity (Wildman–Crippen MR) is 50.8 cm³/mol. The van der Waals surface area contributed by atoms with Gasteiger partial charge in [0.2, 0.25) is 0 Å². The zero-order valence-corrected chi connectivity index (χ0v) is 7.73. The number of hydrogen-bond acceptors (Lipinski definition) is 2. The molecular formula is C10H11N3. The van der Waals surface area contributed by atoms with E-state index in [0.29, 0.717) is 0 Å². The highest BCUT2D eigenvalue weighted by Gasteiger charge is 1.99. The first kappa shape index (κ1) is 7.98. The molecule has 0 N–H and O–H groups in total. The van der Waals surface area contributed by atoms with Crippen molar-refractivity contribution in [1.29, 1.82) is 0 Å².